The molecule has 4 rings (SSSR count). The van der Waals surface area contributed by atoms with Crippen LogP contribution < -0.4 is 5.32 Å². The molecule has 31 heavy (non-hydrogen) atoms. The van der Waals surface area contributed by atoms with E-state index in [1.165, 1.54) is 18.4 Å². The number of benzene rings is 2. The van der Waals surface area contributed by atoms with Crippen molar-refractivity contribution >= 4 is 29.1 Å². The summed E-state index contributed by atoms with van der Waals surface area (Å²) in [4.78, 5) is 19.2. The number of rotatable bonds is 8. The predicted octanol–water partition coefficient (Wildman–Crippen LogP) is 5.53. The van der Waals surface area contributed by atoms with Crippen molar-refractivity contribution in [2.24, 2.45) is 0 Å². The lowest BCUT2D eigenvalue weighted by Crippen LogP contribution is -2.36. The molecule has 1 atom stereocenters. The number of hydrogen-bond donors (Lipinski definition) is 1. The maximum Gasteiger partial charge on any atom is 0.220 e. The van der Waals surface area contributed by atoms with Crippen LogP contribution in [0.4, 0.5) is 0 Å². The zero-order valence-corrected chi connectivity index (χ0v) is 18.7. The van der Waals surface area contributed by atoms with Crippen LogP contribution in [0.5, 0.6) is 0 Å². The van der Waals surface area contributed by atoms with Crippen molar-refractivity contribution in [3.8, 4) is 11.3 Å². The number of amides is 1. The minimum absolute atomic E-state index is 0.00981. The molecule has 1 fully saturated rings. The molecule has 7 heteroatoms. The average molecular weight is 458 g/mol. The van der Waals surface area contributed by atoms with Gasteiger partial charge in [-0.05, 0) is 49.7 Å². The van der Waals surface area contributed by atoms with E-state index in [4.69, 9.17) is 27.6 Å². The molecule has 5 nitrogen and oxygen atoms in total. The first-order valence-corrected chi connectivity index (χ1v) is 11.3. The highest BCUT2D eigenvalue weighted by atomic mass is 35.5. The second-order valence-electron chi connectivity index (χ2n) is 7.72. The predicted molar refractivity (Wildman–Crippen MR) is 123 cm³/mol. The lowest BCUT2D eigenvalue weighted by molar-refractivity contribution is -0.121. The van der Waals surface area contributed by atoms with Crippen LogP contribution in [0.15, 0.2) is 59.1 Å². The Morgan fingerprint density at radius 1 is 1.13 bits per heavy atom. The molecule has 0 radical (unpaired) electrons. The summed E-state index contributed by atoms with van der Waals surface area (Å²) in [5.41, 5.74) is 1.97. The highest BCUT2D eigenvalue weighted by Gasteiger charge is 2.23. The minimum atomic E-state index is -0.00981. The van der Waals surface area contributed by atoms with Gasteiger partial charge in [-0.2, -0.15) is 0 Å². The minimum Gasteiger partial charge on any atom is -0.441 e. The van der Waals surface area contributed by atoms with Gasteiger partial charge in [-0.3, -0.25) is 9.69 Å². The van der Waals surface area contributed by atoms with Crippen molar-refractivity contribution in [3.63, 3.8) is 0 Å². The highest BCUT2D eigenvalue weighted by molar-refractivity contribution is 6.36. The number of nitrogens with one attached hydrogen (secondary N) is 1. The Kier molecular flexibility index (Phi) is 7.28. The van der Waals surface area contributed by atoms with E-state index in [2.05, 4.69) is 27.3 Å². The molecule has 0 saturated carbocycles. The van der Waals surface area contributed by atoms with E-state index in [1.54, 1.807) is 24.4 Å². The number of aryl methyl sites for hydroxylation is 1. The average Bonchev–Trinajstić information content (AvgIpc) is 3.46. The Labute approximate surface area is 192 Å². The topological polar surface area (TPSA) is 58.4 Å². The molecule has 162 valence electrons. The van der Waals surface area contributed by atoms with Crippen LogP contribution in [-0.2, 0) is 11.2 Å². The molecule has 1 N–H and O–H groups in total. The molecule has 1 aliphatic heterocycles. The molecular formula is C24H25Cl2N3O2. The SMILES string of the molecule is O=C(CCc1ncc(-c2ccc(Cl)cc2Cl)o1)NCC(c1ccccc1)N1CCCC1. The van der Waals surface area contributed by atoms with E-state index in [1.807, 2.05) is 18.2 Å². The normalized spacial score (nSPS) is 15.2. The summed E-state index contributed by atoms with van der Waals surface area (Å²) >= 11 is 12.2. The molecule has 0 spiro atoms. The summed E-state index contributed by atoms with van der Waals surface area (Å²) in [6.07, 6.45) is 4.79. The van der Waals surface area contributed by atoms with Crippen LogP contribution in [-0.4, -0.2) is 35.4 Å². The lowest BCUT2D eigenvalue weighted by atomic mass is 10.1. The summed E-state index contributed by atoms with van der Waals surface area (Å²) in [6, 6.07) is 15.8. The van der Waals surface area contributed by atoms with Gasteiger partial charge in [0.05, 0.1) is 17.3 Å². The fourth-order valence-electron chi connectivity index (χ4n) is 3.95. The van der Waals surface area contributed by atoms with Gasteiger partial charge in [0, 0.05) is 30.0 Å². The van der Waals surface area contributed by atoms with Crippen LogP contribution in [0.3, 0.4) is 0 Å². The zero-order chi connectivity index (χ0) is 21.6. The molecule has 2 aromatic carbocycles. The Morgan fingerprint density at radius 2 is 1.90 bits per heavy atom. The fourth-order valence-corrected chi connectivity index (χ4v) is 4.45. The summed E-state index contributed by atoms with van der Waals surface area (Å²) < 4.78 is 5.79. The summed E-state index contributed by atoms with van der Waals surface area (Å²) in [5.74, 6) is 1.06. The first-order chi connectivity index (χ1) is 15.1. The number of likely N-dealkylation sites (tertiary alicyclic amines) is 1. The van der Waals surface area contributed by atoms with Crippen LogP contribution in [0, 0.1) is 0 Å². The monoisotopic (exact) mass is 457 g/mol. The van der Waals surface area contributed by atoms with Crippen molar-refractivity contribution in [1.82, 2.24) is 15.2 Å². The number of aromatic nitrogens is 1. The van der Waals surface area contributed by atoms with E-state index >= 15 is 0 Å². The molecule has 0 bridgehead atoms. The van der Waals surface area contributed by atoms with Crippen LogP contribution >= 0.6 is 23.2 Å². The molecule has 3 aromatic rings. The largest absolute Gasteiger partial charge is 0.441 e. The molecule has 1 unspecified atom stereocenters. The molecule has 0 aliphatic carbocycles. The quantitative estimate of drug-likeness (QED) is 0.482. The third-order valence-electron chi connectivity index (χ3n) is 5.57. The molecule has 1 amide bonds. The highest BCUT2D eigenvalue weighted by Crippen LogP contribution is 2.31. The van der Waals surface area contributed by atoms with Crippen molar-refractivity contribution in [1.29, 1.82) is 0 Å². The van der Waals surface area contributed by atoms with Gasteiger partial charge in [0.15, 0.2) is 11.7 Å². The standard InChI is InChI=1S/C24H25Cl2N3O2/c25-18-8-9-19(20(26)14-18)22-16-28-24(31-22)11-10-23(30)27-15-21(29-12-4-5-13-29)17-6-2-1-3-7-17/h1-3,6-9,14,16,21H,4-5,10-13,15H2,(H,27,30). The number of carbonyl (C=O) groups is 1. The number of hydrogen-bond acceptors (Lipinski definition) is 4. The van der Waals surface area contributed by atoms with Gasteiger partial charge in [0.2, 0.25) is 5.91 Å². The second-order valence-corrected chi connectivity index (χ2v) is 8.56. The van der Waals surface area contributed by atoms with E-state index in [0.29, 0.717) is 41.1 Å². The van der Waals surface area contributed by atoms with Gasteiger partial charge in [-0.15, -0.1) is 0 Å². The van der Waals surface area contributed by atoms with Gasteiger partial charge in [0.1, 0.15) is 0 Å². The Balaban J connectivity index is 1.32. The first kappa shape index (κ1) is 21.9. The molecule has 1 aromatic heterocycles. The summed E-state index contributed by atoms with van der Waals surface area (Å²) in [6.45, 7) is 2.74. The van der Waals surface area contributed by atoms with Gasteiger partial charge >= 0.3 is 0 Å². The van der Waals surface area contributed by atoms with Crippen molar-refractivity contribution in [2.75, 3.05) is 19.6 Å². The lowest BCUT2D eigenvalue weighted by Gasteiger charge is -2.28. The number of carbonyl (C=O) groups excluding carboxylic acids is 1. The maximum absolute atomic E-state index is 12.5. The van der Waals surface area contributed by atoms with E-state index in [9.17, 15) is 4.79 Å². The van der Waals surface area contributed by atoms with Gasteiger partial charge in [-0.1, -0.05) is 53.5 Å². The van der Waals surface area contributed by atoms with Gasteiger partial charge in [-0.25, -0.2) is 4.98 Å². The molecule has 1 saturated heterocycles. The maximum atomic E-state index is 12.5. The summed E-state index contributed by atoms with van der Waals surface area (Å²) in [7, 11) is 0. The smallest absolute Gasteiger partial charge is 0.220 e. The van der Waals surface area contributed by atoms with E-state index in [-0.39, 0.29) is 11.9 Å². The van der Waals surface area contributed by atoms with Crippen LogP contribution in [0.2, 0.25) is 10.0 Å². The second kappa shape index (κ2) is 10.3. The van der Waals surface area contributed by atoms with Gasteiger partial charge < -0.3 is 9.73 Å². The van der Waals surface area contributed by atoms with E-state index in [0.717, 1.165) is 18.7 Å². The molecule has 1 aliphatic rings. The van der Waals surface area contributed by atoms with Gasteiger partial charge in [0.25, 0.3) is 0 Å². The van der Waals surface area contributed by atoms with Crippen LogP contribution in [0.25, 0.3) is 11.3 Å². The molecular weight excluding hydrogens is 433 g/mol. The third kappa shape index (κ3) is 5.67. The first-order valence-electron chi connectivity index (χ1n) is 10.6. The third-order valence-corrected chi connectivity index (χ3v) is 6.12. The number of nitrogens with zero attached hydrogens (tertiary/aromatic N) is 2. The van der Waals surface area contributed by atoms with Crippen molar-refractivity contribution in [3.05, 3.63) is 76.2 Å². The number of oxazole rings is 1. The number of halogens is 2. The summed E-state index contributed by atoms with van der Waals surface area (Å²) in [5, 5.41) is 4.16. The van der Waals surface area contributed by atoms with E-state index < -0.39 is 0 Å². The Morgan fingerprint density at radius 3 is 2.65 bits per heavy atom. The van der Waals surface area contributed by atoms with Crippen molar-refractivity contribution in [2.45, 2.75) is 31.7 Å². The Hall–Kier alpha value is -2.34. The zero-order valence-electron chi connectivity index (χ0n) is 17.2. The molecule has 2 heterocycles. The van der Waals surface area contributed by atoms with Crippen molar-refractivity contribution < 1.29 is 9.21 Å². The Bertz CT molecular complexity index is 1020. The fraction of sp³-hybridized carbons (Fsp3) is 0.333. The van der Waals surface area contributed by atoms with Crippen LogP contribution in [0.1, 0.15) is 36.8 Å².